The predicted molar refractivity (Wildman–Crippen MR) is 93.1 cm³/mol. The topological polar surface area (TPSA) is 133 Å². The molecule has 142 valence electrons. The van der Waals surface area contributed by atoms with Crippen LogP contribution in [0.1, 0.15) is 11.7 Å². The fraction of sp³-hybridized carbons (Fsp3) is 0.294. The first-order chi connectivity index (χ1) is 12.9. The van der Waals surface area contributed by atoms with Gasteiger partial charge in [0.2, 0.25) is 0 Å². The molecule has 2 aliphatic rings. The minimum atomic E-state index is -1.46. The van der Waals surface area contributed by atoms with Crippen LogP contribution in [0, 0.1) is 0 Å². The monoisotopic (exact) mass is 392 g/mol. The van der Waals surface area contributed by atoms with Gasteiger partial charge in [-0.25, -0.2) is 9.59 Å². The molecule has 2 unspecified atom stereocenters. The lowest BCUT2D eigenvalue weighted by atomic mass is 10.0. The van der Waals surface area contributed by atoms with Gasteiger partial charge >= 0.3 is 11.9 Å². The summed E-state index contributed by atoms with van der Waals surface area (Å²) in [6.45, 7) is 0. The molecule has 3 atom stereocenters. The summed E-state index contributed by atoms with van der Waals surface area (Å²) in [5.41, 5.74) is -0.188. The highest BCUT2D eigenvalue weighted by Crippen LogP contribution is 2.40. The fourth-order valence-corrected chi connectivity index (χ4v) is 4.24. The molecule has 9 nitrogen and oxygen atoms in total. The van der Waals surface area contributed by atoms with E-state index < -0.39 is 47.0 Å². The molecule has 1 aromatic carbocycles. The summed E-state index contributed by atoms with van der Waals surface area (Å²) in [6, 6.07) is 7.22. The molecular weight excluding hydrogens is 376 g/mol. The highest BCUT2D eigenvalue weighted by Gasteiger charge is 2.55. The molecule has 2 aliphatic heterocycles. The van der Waals surface area contributed by atoms with Crippen molar-refractivity contribution in [1.82, 2.24) is 10.2 Å². The average Bonchev–Trinajstić information content (AvgIpc) is 2.69. The number of aliphatic carboxylic acids is 1. The van der Waals surface area contributed by atoms with Crippen LogP contribution in [0.5, 0.6) is 0 Å². The van der Waals surface area contributed by atoms with Gasteiger partial charge in [0.1, 0.15) is 17.1 Å². The smallest absolute Gasteiger partial charge is 0.353 e. The van der Waals surface area contributed by atoms with Crippen molar-refractivity contribution < 1.29 is 34.1 Å². The molecule has 0 aromatic heterocycles. The first-order valence-electron chi connectivity index (χ1n) is 7.89. The van der Waals surface area contributed by atoms with Crippen LogP contribution < -0.4 is 5.32 Å². The minimum Gasteiger partial charge on any atom is -0.477 e. The van der Waals surface area contributed by atoms with E-state index in [2.05, 4.69) is 10.1 Å². The molecule has 0 saturated carbocycles. The Hall–Kier alpha value is -2.85. The van der Waals surface area contributed by atoms with Crippen LogP contribution in [-0.2, 0) is 23.9 Å². The first-order valence-corrected chi connectivity index (χ1v) is 8.94. The van der Waals surface area contributed by atoms with Crippen LogP contribution >= 0.6 is 11.8 Å². The molecule has 2 heterocycles. The van der Waals surface area contributed by atoms with Crippen LogP contribution in [0.15, 0.2) is 41.6 Å². The van der Waals surface area contributed by atoms with E-state index in [9.17, 15) is 29.4 Å². The number of hydrogen-bond donors (Lipinski definition) is 3. The zero-order valence-corrected chi connectivity index (χ0v) is 14.9. The molecule has 2 amide bonds. The summed E-state index contributed by atoms with van der Waals surface area (Å²) < 4.78 is 4.57. The maximum Gasteiger partial charge on any atom is 0.353 e. The number of benzene rings is 1. The Kier molecular flexibility index (Phi) is 5.19. The molecular formula is C17H16N2O7S. The van der Waals surface area contributed by atoms with Crippen LogP contribution in [0.4, 0.5) is 0 Å². The predicted octanol–water partition coefficient (Wildman–Crippen LogP) is -0.368. The summed E-state index contributed by atoms with van der Waals surface area (Å²) in [6.07, 6.45) is -1.46. The third-order valence-electron chi connectivity index (χ3n) is 4.26. The molecule has 0 aliphatic carbocycles. The number of carbonyl (C=O) groups is 4. The summed E-state index contributed by atoms with van der Waals surface area (Å²) in [4.78, 5) is 49.0. The second-order valence-corrected chi connectivity index (χ2v) is 6.94. The Bertz CT molecular complexity index is 839. The fourth-order valence-electron chi connectivity index (χ4n) is 2.92. The Morgan fingerprint density at radius 3 is 2.56 bits per heavy atom. The highest BCUT2D eigenvalue weighted by atomic mass is 32.2. The summed E-state index contributed by atoms with van der Waals surface area (Å²) in [7, 11) is 1.12. The van der Waals surface area contributed by atoms with E-state index in [0.717, 1.165) is 23.8 Å². The molecule has 0 radical (unpaired) electrons. The van der Waals surface area contributed by atoms with Crippen LogP contribution in [0.2, 0.25) is 0 Å². The summed E-state index contributed by atoms with van der Waals surface area (Å²) >= 11 is 1.13. The van der Waals surface area contributed by atoms with Gasteiger partial charge in [-0.15, -0.1) is 11.8 Å². The van der Waals surface area contributed by atoms with Crippen LogP contribution in [0.25, 0.3) is 0 Å². The molecule has 3 N–H and O–H groups in total. The molecule has 1 fully saturated rings. The number of ether oxygens (including phenoxy) is 1. The maximum absolute atomic E-state index is 12.4. The number of carbonyl (C=O) groups excluding carboxylic acids is 3. The molecule has 10 heteroatoms. The lowest BCUT2D eigenvalue weighted by Gasteiger charge is -2.49. The number of aliphatic hydroxyl groups is 1. The Balaban J connectivity index is 1.76. The zero-order chi connectivity index (χ0) is 19.7. The van der Waals surface area contributed by atoms with Gasteiger partial charge in [-0.05, 0) is 5.56 Å². The van der Waals surface area contributed by atoms with Crippen molar-refractivity contribution in [3.63, 3.8) is 0 Å². The number of hydrogen-bond acceptors (Lipinski definition) is 7. The lowest BCUT2D eigenvalue weighted by Crippen LogP contribution is -2.71. The van der Waals surface area contributed by atoms with Gasteiger partial charge in [-0.2, -0.15) is 0 Å². The quantitative estimate of drug-likeness (QED) is 0.457. The van der Waals surface area contributed by atoms with Crippen molar-refractivity contribution in [2.75, 3.05) is 12.9 Å². The maximum atomic E-state index is 12.4. The number of aliphatic hydroxyl groups excluding tert-OH is 1. The van der Waals surface area contributed by atoms with E-state index in [1.807, 2.05) is 0 Å². The Morgan fingerprint density at radius 1 is 1.30 bits per heavy atom. The van der Waals surface area contributed by atoms with Gasteiger partial charge in [-0.3, -0.25) is 14.5 Å². The SMILES string of the molecule is COC(=O)C1=C(C(=O)O)N2C(=O)C(NC(=O)C(O)c3ccccc3)[C@@H]2SC1. The van der Waals surface area contributed by atoms with Crippen molar-refractivity contribution in [3.05, 3.63) is 47.2 Å². The van der Waals surface area contributed by atoms with Crippen molar-refractivity contribution >= 4 is 35.5 Å². The van der Waals surface area contributed by atoms with Gasteiger partial charge < -0.3 is 20.3 Å². The number of nitrogens with zero attached hydrogens (tertiary/aromatic N) is 1. The number of nitrogens with one attached hydrogen (secondary N) is 1. The molecule has 0 spiro atoms. The van der Waals surface area contributed by atoms with E-state index >= 15 is 0 Å². The lowest BCUT2D eigenvalue weighted by molar-refractivity contribution is -0.152. The average molecular weight is 392 g/mol. The summed E-state index contributed by atoms with van der Waals surface area (Å²) in [5, 5.41) is 21.3. The van der Waals surface area contributed by atoms with Crippen molar-refractivity contribution in [2.45, 2.75) is 17.5 Å². The number of methoxy groups -OCH3 is 1. The normalized spacial score (nSPS) is 22.4. The van der Waals surface area contributed by atoms with Crippen LogP contribution in [0.3, 0.4) is 0 Å². The van der Waals surface area contributed by atoms with E-state index in [1.54, 1.807) is 30.3 Å². The standard InChI is InChI=1S/C17H16N2O7S/c1-26-17(25)9-7-27-15-10(14(22)19(15)11(9)16(23)24)18-13(21)12(20)8-5-3-2-4-6-8/h2-6,10,12,15,20H,7H2,1H3,(H,18,21)(H,23,24)/t10?,12?,15-/m0/s1. The third-order valence-corrected chi connectivity index (χ3v) is 5.54. The first kappa shape index (κ1) is 18.9. The molecule has 0 bridgehead atoms. The molecule has 3 rings (SSSR count). The van der Waals surface area contributed by atoms with Gasteiger partial charge in [-0.1, -0.05) is 30.3 Å². The largest absolute Gasteiger partial charge is 0.477 e. The minimum absolute atomic E-state index is 0.0242. The van der Waals surface area contributed by atoms with Crippen molar-refractivity contribution in [2.24, 2.45) is 0 Å². The number of carboxylic acid groups (broad SMARTS) is 1. The molecule has 1 aromatic rings. The van der Waals surface area contributed by atoms with E-state index in [-0.39, 0.29) is 11.3 Å². The number of β-lactam (4-membered cyclic amide) rings is 1. The van der Waals surface area contributed by atoms with Gasteiger partial charge in [0.25, 0.3) is 11.8 Å². The second-order valence-electron chi connectivity index (χ2n) is 5.83. The second kappa shape index (κ2) is 7.41. The van der Waals surface area contributed by atoms with E-state index in [0.29, 0.717) is 5.56 Å². The molecule has 1 saturated heterocycles. The van der Waals surface area contributed by atoms with E-state index in [4.69, 9.17) is 0 Å². The van der Waals surface area contributed by atoms with E-state index in [1.165, 1.54) is 0 Å². The Morgan fingerprint density at radius 2 is 1.96 bits per heavy atom. The molecule has 27 heavy (non-hydrogen) atoms. The van der Waals surface area contributed by atoms with Gasteiger partial charge in [0, 0.05) is 5.75 Å². The number of esters is 1. The number of rotatable bonds is 5. The number of fused-ring (bicyclic) bond motifs is 1. The number of thioether (sulfide) groups is 1. The Labute approximate surface area is 158 Å². The summed E-state index contributed by atoms with van der Waals surface area (Å²) in [5.74, 6) is -3.66. The number of carboxylic acids is 1. The van der Waals surface area contributed by atoms with Crippen molar-refractivity contribution in [3.8, 4) is 0 Å². The van der Waals surface area contributed by atoms with Gasteiger partial charge in [0.15, 0.2) is 6.10 Å². The van der Waals surface area contributed by atoms with Gasteiger partial charge in [0.05, 0.1) is 12.7 Å². The highest BCUT2D eigenvalue weighted by molar-refractivity contribution is 8.00. The van der Waals surface area contributed by atoms with Crippen molar-refractivity contribution in [1.29, 1.82) is 0 Å². The number of amides is 2. The third kappa shape index (κ3) is 3.28. The zero-order valence-electron chi connectivity index (χ0n) is 14.1. The van der Waals surface area contributed by atoms with Crippen LogP contribution in [-0.4, -0.2) is 63.1 Å².